The highest BCUT2D eigenvalue weighted by Crippen LogP contribution is 2.41. The predicted octanol–water partition coefficient (Wildman–Crippen LogP) is 3.82. The van der Waals surface area contributed by atoms with Crippen LogP contribution in [0, 0.1) is 5.92 Å². The van der Waals surface area contributed by atoms with Crippen molar-refractivity contribution in [2.75, 3.05) is 20.7 Å². The van der Waals surface area contributed by atoms with Crippen molar-refractivity contribution in [3.05, 3.63) is 16.8 Å². The van der Waals surface area contributed by atoms with Crippen LogP contribution < -0.4 is 4.74 Å². The summed E-state index contributed by atoms with van der Waals surface area (Å²) in [6.45, 7) is 0.275. The number of ether oxygens (including phenoxy) is 1. The van der Waals surface area contributed by atoms with Gasteiger partial charge in [0, 0.05) is 17.5 Å². The Hall–Kier alpha value is -1.24. The van der Waals surface area contributed by atoms with Gasteiger partial charge in [0.05, 0.1) is 5.39 Å². The molecule has 2 aromatic heterocycles. The molecule has 2 aromatic rings. The maximum absolute atomic E-state index is 9.40. The highest BCUT2D eigenvalue weighted by atomic mass is 32.1. The lowest BCUT2D eigenvalue weighted by molar-refractivity contribution is 0.108. The number of aliphatic hydroxyl groups is 1. The monoisotopic (exact) mass is 389 g/mol. The molecule has 0 radical (unpaired) electrons. The average molecular weight is 390 g/mol. The molecule has 6 heteroatoms. The van der Waals surface area contributed by atoms with Crippen molar-refractivity contribution < 1.29 is 9.84 Å². The Labute approximate surface area is 165 Å². The third-order valence-corrected chi connectivity index (χ3v) is 7.53. The van der Waals surface area contributed by atoms with Crippen molar-refractivity contribution in [1.29, 1.82) is 0 Å². The van der Waals surface area contributed by atoms with E-state index in [4.69, 9.17) is 4.74 Å². The van der Waals surface area contributed by atoms with Gasteiger partial charge in [-0.2, -0.15) is 0 Å². The summed E-state index contributed by atoms with van der Waals surface area (Å²) in [5.74, 6) is 1.34. The van der Waals surface area contributed by atoms with Crippen molar-refractivity contribution >= 4 is 21.6 Å². The molecule has 2 aliphatic rings. The molecule has 2 heterocycles. The molecule has 0 saturated heterocycles. The maximum Gasteiger partial charge on any atom is 0.225 e. The number of hydrogen-bond donors (Lipinski definition) is 1. The molecule has 1 atom stereocenters. The lowest BCUT2D eigenvalue weighted by atomic mass is 9.92. The summed E-state index contributed by atoms with van der Waals surface area (Å²) < 4.78 is 6.44. The number of aryl methyl sites for hydroxylation is 1. The lowest BCUT2D eigenvalue weighted by Crippen LogP contribution is -2.35. The second kappa shape index (κ2) is 8.41. The summed E-state index contributed by atoms with van der Waals surface area (Å²) in [6, 6.07) is 0.673. The van der Waals surface area contributed by atoms with Crippen LogP contribution in [0.3, 0.4) is 0 Å². The van der Waals surface area contributed by atoms with E-state index >= 15 is 0 Å². The number of rotatable bonds is 5. The molecular formula is C21H31N3O2S. The fraction of sp³-hybridized carbons (Fsp3) is 0.714. The molecule has 0 aromatic carbocycles. The highest BCUT2D eigenvalue weighted by molar-refractivity contribution is 7.18. The van der Waals surface area contributed by atoms with Crippen molar-refractivity contribution in [3.63, 3.8) is 0 Å². The summed E-state index contributed by atoms with van der Waals surface area (Å²) in [5, 5.41) is 10.6. The summed E-state index contributed by atoms with van der Waals surface area (Å²) >= 11 is 1.81. The highest BCUT2D eigenvalue weighted by Gasteiger charge is 2.27. The van der Waals surface area contributed by atoms with Crippen molar-refractivity contribution in [1.82, 2.24) is 14.9 Å². The first-order valence-corrected chi connectivity index (χ1v) is 11.2. The third-order valence-electron chi connectivity index (χ3n) is 6.33. The molecule has 1 fully saturated rings. The fourth-order valence-corrected chi connectivity index (χ4v) is 5.92. The molecule has 5 nitrogen and oxygen atoms in total. The normalized spacial score (nSPS) is 26.1. The molecule has 1 saturated carbocycles. The van der Waals surface area contributed by atoms with E-state index in [1.54, 1.807) is 6.33 Å². The number of nitrogens with zero attached hydrogens (tertiary/aromatic N) is 3. The van der Waals surface area contributed by atoms with Crippen molar-refractivity contribution in [2.24, 2.45) is 5.92 Å². The Bertz CT molecular complexity index is 768. The maximum atomic E-state index is 9.40. The van der Waals surface area contributed by atoms with Crippen LogP contribution in [0.15, 0.2) is 6.33 Å². The van der Waals surface area contributed by atoms with Crippen LogP contribution >= 0.6 is 11.3 Å². The van der Waals surface area contributed by atoms with Crippen LogP contribution in [-0.4, -0.2) is 52.8 Å². The van der Waals surface area contributed by atoms with Gasteiger partial charge in [-0.05, 0) is 83.4 Å². The van der Waals surface area contributed by atoms with Gasteiger partial charge in [-0.1, -0.05) is 0 Å². The smallest absolute Gasteiger partial charge is 0.225 e. The molecule has 0 amide bonds. The van der Waals surface area contributed by atoms with Gasteiger partial charge in [0.15, 0.2) is 0 Å². The summed E-state index contributed by atoms with van der Waals surface area (Å²) in [5.41, 5.74) is 1.39. The predicted molar refractivity (Wildman–Crippen MR) is 110 cm³/mol. The zero-order valence-corrected chi connectivity index (χ0v) is 17.3. The summed E-state index contributed by atoms with van der Waals surface area (Å²) in [7, 11) is 4.34. The molecule has 148 valence electrons. The van der Waals surface area contributed by atoms with Gasteiger partial charge in [-0.25, -0.2) is 9.97 Å². The Kier molecular flexibility index (Phi) is 5.95. The van der Waals surface area contributed by atoms with E-state index in [1.807, 2.05) is 11.3 Å². The van der Waals surface area contributed by atoms with E-state index in [0.29, 0.717) is 12.0 Å². The van der Waals surface area contributed by atoms with E-state index < -0.39 is 0 Å². The zero-order chi connectivity index (χ0) is 18.8. The molecule has 2 aliphatic carbocycles. The molecule has 0 bridgehead atoms. The molecule has 0 aliphatic heterocycles. The summed E-state index contributed by atoms with van der Waals surface area (Å²) in [4.78, 5) is 13.9. The number of fused-ring (bicyclic) bond motifs is 3. The van der Waals surface area contributed by atoms with Gasteiger partial charge in [0.2, 0.25) is 5.88 Å². The van der Waals surface area contributed by atoms with Gasteiger partial charge in [-0.15, -0.1) is 11.3 Å². The number of hydrogen-bond acceptors (Lipinski definition) is 6. The van der Waals surface area contributed by atoms with Crippen molar-refractivity contribution in [2.45, 2.75) is 69.9 Å². The van der Waals surface area contributed by atoms with Gasteiger partial charge in [0.1, 0.15) is 17.3 Å². The third kappa shape index (κ3) is 4.13. The fourth-order valence-electron chi connectivity index (χ4n) is 4.72. The van der Waals surface area contributed by atoms with E-state index in [2.05, 4.69) is 29.0 Å². The van der Waals surface area contributed by atoms with Gasteiger partial charge in [-0.3, -0.25) is 0 Å². The molecule has 0 spiro atoms. The van der Waals surface area contributed by atoms with E-state index in [0.717, 1.165) is 48.2 Å². The summed E-state index contributed by atoms with van der Waals surface area (Å²) in [6.07, 6.45) is 11.9. The van der Waals surface area contributed by atoms with Crippen LogP contribution in [0.4, 0.5) is 0 Å². The molecule has 4 rings (SSSR count). The van der Waals surface area contributed by atoms with E-state index in [1.165, 1.54) is 36.1 Å². The first kappa shape index (κ1) is 19.1. The topological polar surface area (TPSA) is 58.5 Å². The minimum absolute atomic E-state index is 0.258. The standard InChI is InChI=1S/C21H31N3O2S/c1-24(2)15-6-8-16(9-7-15)26-20-19-17-12-14(10-11-25)4-3-5-18(17)27-21(19)23-13-22-20/h13-16,25H,3-12H2,1-2H3. The SMILES string of the molecule is CN(C)C1CCC(Oc2ncnc3sc4c(c23)CC(CCO)CCC4)CC1. The van der Waals surface area contributed by atoms with Crippen molar-refractivity contribution in [3.8, 4) is 5.88 Å². The quantitative estimate of drug-likeness (QED) is 0.788. The van der Waals surface area contributed by atoms with E-state index in [-0.39, 0.29) is 12.7 Å². The van der Waals surface area contributed by atoms with E-state index in [9.17, 15) is 5.11 Å². The Morgan fingerprint density at radius 3 is 2.74 bits per heavy atom. The van der Waals surface area contributed by atoms with Gasteiger partial charge in [0.25, 0.3) is 0 Å². The van der Waals surface area contributed by atoms with Gasteiger partial charge >= 0.3 is 0 Å². The molecule has 27 heavy (non-hydrogen) atoms. The minimum Gasteiger partial charge on any atom is -0.474 e. The number of aromatic nitrogens is 2. The van der Waals surface area contributed by atoms with Crippen LogP contribution in [0.2, 0.25) is 0 Å². The van der Waals surface area contributed by atoms with Crippen LogP contribution in [0.1, 0.15) is 55.4 Å². The first-order chi connectivity index (χ1) is 13.2. The second-order valence-electron chi connectivity index (χ2n) is 8.35. The Morgan fingerprint density at radius 1 is 1.19 bits per heavy atom. The zero-order valence-electron chi connectivity index (χ0n) is 16.5. The molecule has 1 unspecified atom stereocenters. The van der Waals surface area contributed by atoms with Gasteiger partial charge < -0.3 is 14.7 Å². The molecule has 1 N–H and O–H groups in total. The largest absolute Gasteiger partial charge is 0.474 e. The molecular weight excluding hydrogens is 358 g/mol. The lowest BCUT2D eigenvalue weighted by Gasteiger charge is -2.32. The second-order valence-corrected chi connectivity index (χ2v) is 9.43. The van der Waals surface area contributed by atoms with Crippen LogP contribution in [0.25, 0.3) is 10.2 Å². The number of thiophene rings is 1. The average Bonchev–Trinajstić information content (AvgIpc) is 2.89. The number of aliphatic hydroxyl groups excluding tert-OH is 1. The Morgan fingerprint density at radius 2 is 2.00 bits per heavy atom. The Balaban J connectivity index is 1.58. The van der Waals surface area contributed by atoms with Crippen LogP contribution in [-0.2, 0) is 12.8 Å². The van der Waals surface area contributed by atoms with Crippen LogP contribution in [0.5, 0.6) is 5.88 Å². The minimum atomic E-state index is 0.258. The first-order valence-electron chi connectivity index (χ1n) is 10.3.